The van der Waals surface area contributed by atoms with Crippen molar-refractivity contribution >= 4 is 22.6 Å². The molecule has 0 amide bonds. The van der Waals surface area contributed by atoms with E-state index < -0.39 is 0 Å². The molecule has 0 bridgehead atoms. The predicted molar refractivity (Wildman–Crippen MR) is 86.9 cm³/mol. The highest BCUT2D eigenvalue weighted by molar-refractivity contribution is 14.1. The van der Waals surface area contributed by atoms with Gasteiger partial charge in [-0.15, -0.1) is 0 Å². The van der Waals surface area contributed by atoms with Crippen LogP contribution in [-0.2, 0) is 6.54 Å². The number of aryl methyl sites for hydroxylation is 2. The second-order valence-corrected chi connectivity index (χ2v) is 7.02. The van der Waals surface area contributed by atoms with Crippen LogP contribution in [0.3, 0.4) is 0 Å². The van der Waals surface area contributed by atoms with Crippen LogP contribution in [0.25, 0.3) is 0 Å². The second kappa shape index (κ2) is 5.91. The Labute approximate surface area is 125 Å². The van der Waals surface area contributed by atoms with E-state index in [-0.39, 0.29) is 0 Å². The maximum absolute atomic E-state index is 2.66. The van der Waals surface area contributed by atoms with Gasteiger partial charge in [-0.1, -0.05) is 13.0 Å². The highest BCUT2D eigenvalue weighted by Gasteiger charge is 2.24. The molecule has 1 saturated heterocycles. The summed E-state index contributed by atoms with van der Waals surface area (Å²) in [6.45, 7) is 11.6. The summed E-state index contributed by atoms with van der Waals surface area (Å²) in [6.07, 6.45) is 2.75. The van der Waals surface area contributed by atoms with E-state index in [0.29, 0.717) is 0 Å². The van der Waals surface area contributed by atoms with Crippen molar-refractivity contribution in [2.75, 3.05) is 6.54 Å². The molecule has 2 unspecified atom stereocenters. The number of piperidine rings is 1. The fraction of sp³-hybridized carbons (Fsp3) is 0.625. The second-order valence-electron chi connectivity index (χ2n) is 5.86. The van der Waals surface area contributed by atoms with Crippen molar-refractivity contribution < 1.29 is 0 Å². The zero-order chi connectivity index (χ0) is 13.3. The van der Waals surface area contributed by atoms with Gasteiger partial charge in [0.15, 0.2) is 0 Å². The lowest BCUT2D eigenvalue weighted by molar-refractivity contribution is 0.106. The van der Waals surface area contributed by atoms with Crippen molar-refractivity contribution in [1.82, 2.24) is 4.90 Å². The van der Waals surface area contributed by atoms with Crippen LogP contribution in [0.15, 0.2) is 12.1 Å². The Hall–Kier alpha value is -0.0900. The quantitative estimate of drug-likeness (QED) is 0.703. The van der Waals surface area contributed by atoms with Crippen molar-refractivity contribution in [1.29, 1.82) is 0 Å². The summed E-state index contributed by atoms with van der Waals surface area (Å²) in [6, 6.07) is 5.42. The van der Waals surface area contributed by atoms with E-state index in [0.717, 1.165) is 18.5 Å². The number of hydrogen-bond donors (Lipinski definition) is 0. The Morgan fingerprint density at radius 3 is 2.67 bits per heavy atom. The summed E-state index contributed by atoms with van der Waals surface area (Å²) < 4.78 is 1.38. The number of nitrogens with zero attached hydrogens (tertiary/aromatic N) is 1. The number of likely N-dealkylation sites (tertiary alicyclic amines) is 1. The first kappa shape index (κ1) is 14.3. The molecular formula is C16H24IN. The Morgan fingerprint density at radius 2 is 1.94 bits per heavy atom. The molecule has 18 heavy (non-hydrogen) atoms. The summed E-state index contributed by atoms with van der Waals surface area (Å²) >= 11 is 2.43. The van der Waals surface area contributed by atoms with Crippen molar-refractivity contribution in [3.05, 3.63) is 32.4 Å². The number of halogens is 1. The number of rotatable bonds is 2. The monoisotopic (exact) mass is 357 g/mol. The highest BCUT2D eigenvalue weighted by Crippen LogP contribution is 2.26. The molecule has 1 aliphatic rings. The molecule has 0 aromatic heterocycles. The standard InChI is InChI=1S/C16H24IN/c1-11-6-5-7-18(14(11)4)10-15-8-13(3)16(17)9-12(15)2/h8-9,11,14H,5-7,10H2,1-4H3. The average Bonchev–Trinajstić information content (AvgIpc) is 2.32. The molecule has 2 rings (SSSR count). The van der Waals surface area contributed by atoms with Gasteiger partial charge in [0, 0.05) is 16.2 Å². The van der Waals surface area contributed by atoms with Crippen LogP contribution in [-0.4, -0.2) is 17.5 Å². The van der Waals surface area contributed by atoms with E-state index in [1.165, 1.54) is 39.6 Å². The van der Waals surface area contributed by atoms with Crippen LogP contribution < -0.4 is 0 Å². The van der Waals surface area contributed by atoms with Crippen molar-refractivity contribution in [3.63, 3.8) is 0 Å². The lowest BCUT2D eigenvalue weighted by Gasteiger charge is -2.38. The van der Waals surface area contributed by atoms with Gasteiger partial charge in [-0.2, -0.15) is 0 Å². The summed E-state index contributed by atoms with van der Waals surface area (Å²) in [5, 5.41) is 0. The zero-order valence-corrected chi connectivity index (χ0v) is 14.1. The van der Waals surface area contributed by atoms with Crippen LogP contribution in [0.1, 0.15) is 43.4 Å². The molecule has 1 heterocycles. The zero-order valence-electron chi connectivity index (χ0n) is 12.0. The molecular weight excluding hydrogens is 333 g/mol. The van der Waals surface area contributed by atoms with Gasteiger partial charge in [-0.05, 0) is 91.4 Å². The minimum absolute atomic E-state index is 0.720. The average molecular weight is 357 g/mol. The molecule has 0 radical (unpaired) electrons. The topological polar surface area (TPSA) is 3.24 Å². The first-order valence-corrected chi connectivity index (χ1v) is 8.06. The molecule has 1 nitrogen and oxygen atoms in total. The Balaban J connectivity index is 2.16. The molecule has 1 aromatic carbocycles. The lowest BCUT2D eigenvalue weighted by atomic mass is 9.91. The van der Waals surface area contributed by atoms with Crippen molar-refractivity contribution in [2.45, 2.75) is 53.1 Å². The van der Waals surface area contributed by atoms with Gasteiger partial charge in [0.05, 0.1) is 0 Å². The van der Waals surface area contributed by atoms with Gasteiger partial charge in [-0.3, -0.25) is 4.90 Å². The highest BCUT2D eigenvalue weighted by atomic mass is 127. The van der Waals surface area contributed by atoms with E-state index in [1.807, 2.05) is 0 Å². The van der Waals surface area contributed by atoms with Gasteiger partial charge < -0.3 is 0 Å². The number of benzene rings is 1. The molecule has 0 spiro atoms. The van der Waals surface area contributed by atoms with Crippen molar-refractivity contribution in [2.24, 2.45) is 5.92 Å². The third kappa shape index (κ3) is 3.08. The third-order valence-electron chi connectivity index (χ3n) is 4.49. The van der Waals surface area contributed by atoms with E-state index in [4.69, 9.17) is 0 Å². The van der Waals surface area contributed by atoms with E-state index >= 15 is 0 Å². The van der Waals surface area contributed by atoms with Gasteiger partial charge in [-0.25, -0.2) is 0 Å². The van der Waals surface area contributed by atoms with Gasteiger partial charge in [0.2, 0.25) is 0 Å². The molecule has 0 saturated carbocycles. The van der Waals surface area contributed by atoms with Crippen LogP contribution >= 0.6 is 22.6 Å². The van der Waals surface area contributed by atoms with Gasteiger partial charge in [0.1, 0.15) is 0 Å². The van der Waals surface area contributed by atoms with E-state index in [1.54, 1.807) is 0 Å². The van der Waals surface area contributed by atoms with Crippen LogP contribution in [0.4, 0.5) is 0 Å². The minimum Gasteiger partial charge on any atom is -0.296 e. The molecule has 100 valence electrons. The molecule has 2 heteroatoms. The third-order valence-corrected chi connectivity index (χ3v) is 5.66. The van der Waals surface area contributed by atoms with E-state index in [9.17, 15) is 0 Å². The fourth-order valence-corrected chi connectivity index (χ4v) is 3.50. The molecule has 0 N–H and O–H groups in total. The Kier molecular flexibility index (Phi) is 4.70. The van der Waals surface area contributed by atoms with Crippen molar-refractivity contribution in [3.8, 4) is 0 Å². The summed E-state index contributed by atoms with van der Waals surface area (Å²) in [4.78, 5) is 2.66. The maximum Gasteiger partial charge on any atom is 0.0239 e. The van der Waals surface area contributed by atoms with Crippen LogP contribution in [0, 0.1) is 23.3 Å². The smallest absolute Gasteiger partial charge is 0.0239 e. The lowest BCUT2D eigenvalue weighted by Crippen LogP contribution is -2.41. The molecule has 1 aromatic rings. The Bertz CT molecular complexity index is 427. The molecule has 1 fully saturated rings. The summed E-state index contributed by atoms with van der Waals surface area (Å²) in [7, 11) is 0. The number of hydrogen-bond acceptors (Lipinski definition) is 1. The molecule has 1 aliphatic heterocycles. The maximum atomic E-state index is 2.66. The first-order chi connectivity index (χ1) is 8.49. The predicted octanol–water partition coefficient (Wildman–Crippen LogP) is 4.53. The first-order valence-electron chi connectivity index (χ1n) is 6.98. The van der Waals surface area contributed by atoms with E-state index in [2.05, 4.69) is 67.3 Å². The minimum atomic E-state index is 0.720. The SMILES string of the molecule is Cc1cc(CN2CCCC(C)C2C)c(C)cc1I. The van der Waals surface area contributed by atoms with Gasteiger partial charge >= 0.3 is 0 Å². The Morgan fingerprint density at radius 1 is 1.22 bits per heavy atom. The normalized spacial score (nSPS) is 25.4. The molecule has 0 aliphatic carbocycles. The fourth-order valence-electron chi connectivity index (χ4n) is 2.87. The summed E-state index contributed by atoms with van der Waals surface area (Å²) in [5.41, 5.74) is 4.36. The van der Waals surface area contributed by atoms with Crippen LogP contribution in [0.2, 0.25) is 0 Å². The summed E-state index contributed by atoms with van der Waals surface area (Å²) in [5.74, 6) is 0.837. The van der Waals surface area contributed by atoms with Gasteiger partial charge in [0.25, 0.3) is 0 Å². The largest absolute Gasteiger partial charge is 0.296 e. The molecule has 2 atom stereocenters. The van der Waals surface area contributed by atoms with Crippen LogP contribution in [0.5, 0.6) is 0 Å².